The van der Waals surface area contributed by atoms with Crippen molar-refractivity contribution in [3.63, 3.8) is 0 Å². The van der Waals surface area contributed by atoms with Crippen LogP contribution in [-0.4, -0.2) is 26.4 Å². The van der Waals surface area contributed by atoms with Crippen molar-refractivity contribution in [2.75, 3.05) is 22.8 Å². The first-order chi connectivity index (χ1) is 20.2. The van der Waals surface area contributed by atoms with Gasteiger partial charge in [0.05, 0.1) is 22.7 Å². The van der Waals surface area contributed by atoms with Crippen LogP contribution in [0.2, 0.25) is 5.02 Å². The number of anilines is 2. The second-order valence-corrected chi connectivity index (χ2v) is 13.4. The number of allylic oxidation sites excluding steroid dienone is 4. The Morgan fingerprint density at radius 1 is 1.17 bits per heavy atom. The summed E-state index contributed by atoms with van der Waals surface area (Å²) < 4.78 is 47.9. The number of nitrogens with one attached hydrogen (secondary N) is 3. The van der Waals surface area contributed by atoms with E-state index < -0.39 is 15.8 Å². The van der Waals surface area contributed by atoms with E-state index in [1.165, 1.54) is 66.4 Å². The van der Waals surface area contributed by atoms with Crippen LogP contribution in [0.3, 0.4) is 0 Å². The first kappa shape index (κ1) is 30.3. The molecule has 3 aliphatic rings. The lowest BCUT2D eigenvalue weighted by molar-refractivity contribution is 0.233. The smallest absolute Gasteiger partial charge is 0.265 e. The highest BCUT2D eigenvalue weighted by Crippen LogP contribution is 2.38. The van der Waals surface area contributed by atoms with E-state index in [2.05, 4.69) is 59.6 Å². The third kappa shape index (κ3) is 6.71. The fraction of sp³-hybridized carbons (Fsp3) is 0.419. The van der Waals surface area contributed by atoms with E-state index >= 15 is 4.39 Å². The van der Waals surface area contributed by atoms with Crippen molar-refractivity contribution in [3.05, 3.63) is 88.5 Å². The van der Waals surface area contributed by atoms with Gasteiger partial charge < -0.3 is 14.7 Å². The first-order valence-corrected chi connectivity index (χ1v) is 16.4. The molecule has 8 nitrogen and oxygen atoms in total. The number of sulfonamides is 1. The number of likely N-dealkylation sites (tertiary alicyclic amines) is 1. The standard InChI is InChI=1S/C31H39ClFN5O3S/c1-4-22-8-9-24(18-25(17-22)37-14-6-5-7-23(12-15-37)21(2)3)29-19-38(36-34-29)31-27(33)10-11-28(30(31)32)35-42(39,40)26-13-16-41-20-26/h9-11,13,16-21,23,34-36H,4-8,12,14-15H2,1-3H3. The molecule has 1 aromatic carbocycles. The van der Waals surface area contributed by atoms with Crippen LogP contribution in [0.15, 0.2) is 87.0 Å². The molecule has 0 saturated carbocycles. The molecule has 1 atom stereocenters. The largest absolute Gasteiger partial charge is 0.471 e. The number of benzene rings is 1. The van der Waals surface area contributed by atoms with Crippen LogP contribution in [0.4, 0.5) is 15.8 Å². The van der Waals surface area contributed by atoms with Crippen molar-refractivity contribution in [1.82, 2.24) is 15.9 Å². The summed E-state index contributed by atoms with van der Waals surface area (Å²) in [5.41, 5.74) is 10.4. The minimum absolute atomic E-state index is 0.0131. The molecule has 0 spiro atoms. The second kappa shape index (κ2) is 13.0. The van der Waals surface area contributed by atoms with Crippen LogP contribution in [0.25, 0.3) is 0 Å². The molecule has 3 heterocycles. The molecule has 1 aliphatic carbocycles. The minimum Gasteiger partial charge on any atom is -0.471 e. The van der Waals surface area contributed by atoms with E-state index in [-0.39, 0.29) is 21.3 Å². The average Bonchev–Trinajstić information content (AvgIpc) is 3.61. The fourth-order valence-corrected chi connectivity index (χ4v) is 6.97. The summed E-state index contributed by atoms with van der Waals surface area (Å²) >= 11 is 6.58. The number of hydrogen-bond acceptors (Lipinski definition) is 7. The molecule has 1 fully saturated rings. The molecule has 0 radical (unpaired) electrons. The predicted molar refractivity (Wildman–Crippen MR) is 165 cm³/mol. The first-order valence-electron chi connectivity index (χ1n) is 14.6. The molecule has 1 aromatic heterocycles. The van der Waals surface area contributed by atoms with Gasteiger partial charge in [-0.05, 0) is 73.4 Å². The molecular formula is C31H39ClFN5O3S. The average molecular weight is 616 g/mol. The van der Waals surface area contributed by atoms with E-state index in [9.17, 15) is 8.42 Å². The Bertz CT molecular complexity index is 1510. The number of nitrogens with zero attached hydrogens (tertiary/aromatic N) is 2. The van der Waals surface area contributed by atoms with Crippen LogP contribution in [0.1, 0.15) is 59.3 Å². The monoisotopic (exact) mass is 615 g/mol. The predicted octanol–water partition coefficient (Wildman–Crippen LogP) is 7.24. The van der Waals surface area contributed by atoms with E-state index in [0.717, 1.165) is 49.4 Å². The van der Waals surface area contributed by atoms with Crippen LogP contribution < -0.4 is 20.7 Å². The summed E-state index contributed by atoms with van der Waals surface area (Å²) in [7, 11) is -3.96. The van der Waals surface area contributed by atoms with Crippen LogP contribution >= 0.6 is 11.6 Å². The van der Waals surface area contributed by atoms with Gasteiger partial charge in [0.2, 0.25) is 0 Å². The Hall–Kier alpha value is -3.21. The lowest BCUT2D eigenvalue weighted by Gasteiger charge is -2.32. The van der Waals surface area contributed by atoms with Gasteiger partial charge in [0.1, 0.15) is 22.7 Å². The number of halogens is 2. The van der Waals surface area contributed by atoms with Gasteiger partial charge in [0.15, 0.2) is 0 Å². The number of rotatable bonds is 8. The molecule has 42 heavy (non-hydrogen) atoms. The van der Waals surface area contributed by atoms with Crippen LogP contribution in [0, 0.1) is 17.7 Å². The van der Waals surface area contributed by atoms with Crippen LogP contribution in [-0.2, 0) is 10.0 Å². The number of hydrogen-bond donors (Lipinski definition) is 3. The van der Waals surface area contributed by atoms with Gasteiger partial charge in [0.25, 0.3) is 10.0 Å². The van der Waals surface area contributed by atoms with Crippen LogP contribution in [0.5, 0.6) is 0 Å². The SMILES string of the molecule is CCC1=CC(N2CCCCC(C(C)C)CC2)=CC(C2=CN(c3c(F)ccc(NS(=O)(=O)c4ccoc4)c3Cl)NN2)=CC1. The Balaban J connectivity index is 1.41. The van der Waals surface area contributed by atoms with E-state index in [1.54, 1.807) is 6.20 Å². The van der Waals surface area contributed by atoms with Crippen molar-refractivity contribution in [2.45, 2.75) is 64.2 Å². The molecule has 0 amide bonds. The molecule has 1 unspecified atom stereocenters. The Morgan fingerprint density at radius 3 is 2.74 bits per heavy atom. The maximum absolute atomic E-state index is 15.1. The van der Waals surface area contributed by atoms with Gasteiger partial charge in [-0.15, -0.1) is 5.53 Å². The third-order valence-electron chi connectivity index (χ3n) is 8.26. The van der Waals surface area contributed by atoms with Gasteiger partial charge >= 0.3 is 0 Å². The number of furan rings is 1. The Morgan fingerprint density at radius 2 is 2.00 bits per heavy atom. The molecule has 11 heteroatoms. The van der Waals surface area contributed by atoms with Crippen molar-refractivity contribution in [1.29, 1.82) is 0 Å². The van der Waals surface area contributed by atoms with Gasteiger partial charge in [-0.3, -0.25) is 9.73 Å². The van der Waals surface area contributed by atoms with Gasteiger partial charge in [0, 0.05) is 25.0 Å². The quantitative estimate of drug-likeness (QED) is 0.288. The zero-order valence-electron chi connectivity index (χ0n) is 24.3. The van der Waals surface area contributed by atoms with Gasteiger partial charge in [-0.1, -0.05) is 56.9 Å². The van der Waals surface area contributed by atoms with E-state index in [1.807, 2.05) is 0 Å². The second-order valence-electron chi connectivity index (χ2n) is 11.3. The summed E-state index contributed by atoms with van der Waals surface area (Å²) in [6, 6.07) is 3.79. The van der Waals surface area contributed by atoms with Crippen molar-refractivity contribution < 1.29 is 17.2 Å². The maximum Gasteiger partial charge on any atom is 0.265 e. The van der Waals surface area contributed by atoms with Crippen molar-refractivity contribution in [3.8, 4) is 0 Å². The van der Waals surface area contributed by atoms with Gasteiger partial charge in [-0.25, -0.2) is 12.8 Å². The summed E-state index contributed by atoms with van der Waals surface area (Å²) in [6.45, 7) is 8.88. The lowest BCUT2D eigenvalue weighted by Crippen LogP contribution is -2.37. The highest BCUT2D eigenvalue weighted by atomic mass is 35.5. The summed E-state index contributed by atoms with van der Waals surface area (Å²) in [5.74, 6) is 0.807. The zero-order chi connectivity index (χ0) is 29.9. The van der Waals surface area contributed by atoms with Crippen molar-refractivity contribution in [2.24, 2.45) is 11.8 Å². The lowest BCUT2D eigenvalue weighted by atomic mass is 9.86. The molecule has 0 bridgehead atoms. The summed E-state index contributed by atoms with van der Waals surface area (Å²) in [6.07, 6.45) is 17.5. The molecule has 226 valence electrons. The molecule has 2 aliphatic heterocycles. The highest BCUT2D eigenvalue weighted by Gasteiger charge is 2.26. The third-order valence-corrected chi connectivity index (χ3v) is 9.99. The number of hydrazine groups is 2. The molecular weight excluding hydrogens is 577 g/mol. The van der Waals surface area contributed by atoms with Gasteiger partial charge in [-0.2, -0.15) is 0 Å². The summed E-state index contributed by atoms with van der Waals surface area (Å²) in [4.78, 5) is 2.45. The normalized spacial score (nSPS) is 20.2. The summed E-state index contributed by atoms with van der Waals surface area (Å²) in [5, 5.41) is 1.34. The molecule has 2 aromatic rings. The minimum atomic E-state index is -3.96. The molecule has 3 N–H and O–H groups in total. The fourth-order valence-electron chi connectivity index (χ4n) is 5.63. The Kier molecular flexibility index (Phi) is 9.35. The van der Waals surface area contributed by atoms with E-state index in [4.69, 9.17) is 16.0 Å². The Labute approximate surface area is 253 Å². The van der Waals surface area contributed by atoms with Crippen molar-refractivity contribution >= 4 is 33.0 Å². The zero-order valence-corrected chi connectivity index (χ0v) is 25.9. The highest BCUT2D eigenvalue weighted by molar-refractivity contribution is 7.92. The van der Waals surface area contributed by atoms with E-state index in [0.29, 0.717) is 5.92 Å². The molecule has 1 saturated heterocycles. The topological polar surface area (TPSA) is 89.8 Å². The molecule has 5 rings (SSSR count). The maximum atomic E-state index is 15.1.